The maximum absolute atomic E-state index is 5.36. The number of quaternary nitrogens is 1. The molecule has 0 amide bonds. The van der Waals surface area contributed by atoms with Crippen molar-refractivity contribution in [1.82, 2.24) is 0 Å². The van der Waals surface area contributed by atoms with Crippen LogP contribution in [0.1, 0.15) is 16.7 Å². The second kappa shape index (κ2) is 7.85. The summed E-state index contributed by atoms with van der Waals surface area (Å²) in [6.45, 7) is 4.32. The Bertz CT molecular complexity index is 610. The van der Waals surface area contributed by atoms with Crippen LogP contribution in [-0.2, 0) is 13.0 Å². The van der Waals surface area contributed by atoms with Gasteiger partial charge in [0.25, 0.3) is 0 Å². The molecule has 0 aliphatic heterocycles. The normalized spacial score (nSPS) is 12.0. The number of ether oxygens (including phenoxy) is 2. The number of likely N-dealkylation sites (N-methyl/N-ethyl adjacent to an activating group) is 1. The molecule has 0 aliphatic rings. The summed E-state index contributed by atoms with van der Waals surface area (Å²) in [6.07, 6.45) is 1.03. The van der Waals surface area contributed by atoms with Crippen LogP contribution in [0.3, 0.4) is 0 Å². The van der Waals surface area contributed by atoms with E-state index in [1.807, 2.05) is 6.07 Å². The first-order chi connectivity index (χ1) is 10.6. The quantitative estimate of drug-likeness (QED) is 0.848. The van der Waals surface area contributed by atoms with Crippen LogP contribution in [0.25, 0.3) is 0 Å². The highest BCUT2D eigenvalue weighted by atomic mass is 16.5. The molecule has 0 saturated heterocycles. The molecule has 2 aromatic carbocycles. The maximum Gasteiger partial charge on any atom is 0.160 e. The van der Waals surface area contributed by atoms with Gasteiger partial charge in [0, 0.05) is 12.0 Å². The average molecular weight is 300 g/mol. The van der Waals surface area contributed by atoms with Gasteiger partial charge in [0.1, 0.15) is 6.54 Å². The molecule has 3 nitrogen and oxygen atoms in total. The van der Waals surface area contributed by atoms with Crippen molar-refractivity contribution in [2.45, 2.75) is 19.9 Å². The molecule has 2 rings (SSSR count). The van der Waals surface area contributed by atoms with E-state index in [4.69, 9.17) is 9.47 Å². The number of hydrogen-bond donors (Lipinski definition) is 1. The highest BCUT2D eigenvalue weighted by Gasteiger charge is 2.08. The van der Waals surface area contributed by atoms with Crippen molar-refractivity contribution in [1.29, 1.82) is 0 Å². The fraction of sp³-hybridized carbons (Fsp3) is 0.368. The number of rotatable bonds is 7. The van der Waals surface area contributed by atoms with Crippen LogP contribution in [0.5, 0.6) is 11.5 Å². The first-order valence-corrected chi connectivity index (χ1v) is 7.70. The standard InChI is InChI=1S/C19H25NO2/c1-15-7-5-6-8-17(15)14-20(2)12-11-16-9-10-18(21-3)19(13-16)22-4/h5-10,13H,11-12,14H2,1-4H3/p+1. The number of benzene rings is 2. The minimum absolute atomic E-state index is 0.784. The summed E-state index contributed by atoms with van der Waals surface area (Å²) >= 11 is 0. The van der Waals surface area contributed by atoms with Crippen LogP contribution < -0.4 is 14.4 Å². The van der Waals surface area contributed by atoms with Gasteiger partial charge in [0.15, 0.2) is 11.5 Å². The SMILES string of the molecule is COc1ccc(CC[NH+](C)Cc2ccccc2C)cc1OC. The zero-order chi connectivity index (χ0) is 15.9. The molecule has 3 heteroatoms. The van der Waals surface area contributed by atoms with Gasteiger partial charge in [-0.25, -0.2) is 0 Å². The van der Waals surface area contributed by atoms with Gasteiger partial charge in [-0.1, -0.05) is 30.3 Å². The Morgan fingerprint density at radius 1 is 0.955 bits per heavy atom. The lowest BCUT2D eigenvalue weighted by molar-refractivity contribution is -0.893. The Kier molecular flexibility index (Phi) is 5.84. The third kappa shape index (κ3) is 4.25. The second-order valence-corrected chi connectivity index (χ2v) is 5.75. The van der Waals surface area contributed by atoms with Crippen LogP contribution in [0, 0.1) is 6.92 Å². The molecule has 0 fully saturated rings. The van der Waals surface area contributed by atoms with E-state index in [0.29, 0.717) is 0 Å². The molecular formula is C19H26NO2+. The van der Waals surface area contributed by atoms with Crippen LogP contribution >= 0.6 is 0 Å². The van der Waals surface area contributed by atoms with Crippen molar-refractivity contribution >= 4 is 0 Å². The molecule has 0 aliphatic carbocycles. The topological polar surface area (TPSA) is 22.9 Å². The highest BCUT2D eigenvalue weighted by Crippen LogP contribution is 2.27. The summed E-state index contributed by atoms with van der Waals surface area (Å²) < 4.78 is 10.6. The average Bonchev–Trinajstić information content (AvgIpc) is 2.54. The Morgan fingerprint density at radius 2 is 1.68 bits per heavy atom. The van der Waals surface area contributed by atoms with Crippen molar-refractivity contribution in [2.75, 3.05) is 27.8 Å². The van der Waals surface area contributed by atoms with E-state index >= 15 is 0 Å². The third-order valence-corrected chi connectivity index (χ3v) is 4.04. The molecule has 1 N–H and O–H groups in total. The number of aryl methyl sites for hydroxylation is 1. The van der Waals surface area contributed by atoms with E-state index < -0.39 is 0 Å². The van der Waals surface area contributed by atoms with E-state index in [0.717, 1.165) is 31.0 Å². The molecule has 0 aromatic heterocycles. The van der Waals surface area contributed by atoms with Crippen LogP contribution in [0.15, 0.2) is 42.5 Å². The first-order valence-electron chi connectivity index (χ1n) is 7.70. The number of nitrogens with one attached hydrogen (secondary N) is 1. The smallest absolute Gasteiger partial charge is 0.160 e. The Morgan fingerprint density at radius 3 is 2.36 bits per heavy atom. The third-order valence-electron chi connectivity index (χ3n) is 4.04. The van der Waals surface area contributed by atoms with Crippen molar-refractivity contribution in [3.05, 3.63) is 59.2 Å². The van der Waals surface area contributed by atoms with E-state index in [1.165, 1.54) is 21.6 Å². The van der Waals surface area contributed by atoms with Gasteiger partial charge in [-0.2, -0.15) is 0 Å². The fourth-order valence-corrected chi connectivity index (χ4v) is 2.62. The Balaban J connectivity index is 1.93. The summed E-state index contributed by atoms with van der Waals surface area (Å²) in [7, 11) is 5.59. The van der Waals surface area contributed by atoms with Gasteiger partial charge in [0.05, 0.1) is 27.8 Å². The lowest BCUT2D eigenvalue weighted by Gasteiger charge is -2.16. The van der Waals surface area contributed by atoms with Gasteiger partial charge in [-0.05, 0) is 30.2 Å². The second-order valence-electron chi connectivity index (χ2n) is 5.75. The van der Waals surface area contributed by atoms with Gasteiger partial charge in [-0.15, -0.1) is 0 Å². The zero-order valence-electron chi connectivity index (χ0n) is 14.0. The Labute approximate surface area is 133 Å². The number of hydrogen-bond acceptors (Lipinski definition) is 2. The van der Waals surface area contributed by atoms with Gasteiger partial charge in [0.2, 0.25) is 0 Å². The predicted molar refractivity (Wildman–Crippen MR) is 89.9 cm³/mol. The summed E-state index contributed by atoms with van der Waals surface area (Å²) in [5.74, 6) is 1.59. The summed E-state index contributed by atoms with van der Waals surface area (Å²) in [4.78, 5) is 1.50. The maximum atomic E-state index is 5.36. The van der Waals surface area contributed by atoms with Gasteiger partial charge < -0.3 is 14.4 Å². The minimum Gasteiger partial charge on any atom is -0.493 e. The lowest BCUT2D eigenvalue weighted by atomic mass is 10.1. The number of methoxy groups -OCH3 is 2. The molecule has 0 saturated carbocycles. The molecule has 118 valence electrons. The van der Waals surface area contributed by atoms with Gasteiger partial charge >= 0.3 is 0 Å². The predicted octanol–water partition coefficient (Wildman–Crippen LogP) is 2.27. The zero-order valence-corrected chi connectivity index (χ0v) is 14.0. The van der Waals surface area contributed by atoms with E-state index in [2.05, 4.69) is 50.4 Å². The molecule has 0 bridgehead atoms. The molecular weight excluding hydrogens is 274 g/mol. The summed E-state index contributed by atoms with van der Waals surface area (Å²) in [6, 6.07) is 14.8. The van der Waals surface area contributed by atoms with Crippen LogP contribution in [0.4, 0.5) is 0 Å². The van der Waals surface area contributed by atoms with E-state index in [9.17, 15) is 0 Å². The molecule has 0 spiro atoms. The van der Waals surface area contributed by atoms with Crippen molar-refractivity contribution in [3.8, 4) is 11.5 Å². The van der Waals surface area contributed by atoms with Gasteiger partial charge in [-0.3, -0.25) is 0 Å². The highest BCUT2D eigenvalue weighted by molar-refractivity contribution is 5.42. The molecule has 2 aromatic rings. The molecule has 1 unspecified atom stereocenters. The van der Waals surface area contributed by atoms with Crippen LogP contribution in [0.2, 0.25) is 0 Å². The minimum atomic E-state index is 0.784. The monoisotopic (exact) mass is 300 g/mol. The van der Waals surface area contributed by atoms with Crippen LogP contribution in [-0.4, -0.2) is 27.8 Å². The molecule has 0 heterocycles. The molecule has 0 radical (unpaired) electrons. The van der Waals surface area contributed by atoms with E-state index in [-0.39, 0.29) is 0 Å². The van der Waals surface area contributed by atoms with Crippen molar-refractivity contribution in [3.63, 3.8) is 0 Å². The summed E-state index contributed by atoms with van der Waals surface area (Å²) in [5, 5.41) is 0. The summed E-state index contributed by atoms with van der Waals surface area (Å²) in [5.41, 5.74) is 4.07. The fourth-order valence-electron chi connectivity index (χ4n) is 2.62. The Hall–Kier alpha value is -2.00. The van der Waals surface area contributed by atoms with E-state index in [1.54, 1.807) is 14.2 Å². The molecule has 22 heavy (non-hydrogen) atoms. The lowest BCUT2D eigenvalue weighted by Crippen LogP contribution is -3.07. The largest absolute Gasteiger partial charge is 0.493 e. The molecule has 1 atom stereocenters. The first kappa shape index (κ1) is 16.4. The van der Waals surface area contributed by atoms with Crippen molar-refractivity contribution < 1.29 is 14.4 Å². The van der Waals surface area contributed by atoms with Crippen molar-refractivity contribution in [2.24, 2.45) is 0 Å².